The van der Waals surface area contributed by atoms with Gasteiger partial charge in [0.25, 0.3) is 0 Å². The Kier molecular flexibility index (Phi) is 6.72. The van der Waals surface area contributed by atoms with Crippen LogP contribution < -0.4 is 4.74 Å². The van der Waals surface area contributed by atoms with E-state index in [1.165, 1.54) is 18.6 Å². The summed E-state index contributed by atoms with van der Waals surface area (Å²) in [6.45, 7) is 0.349. The van der Waals surface area contributed by atoms with E-state index in [9.17, 15) is 21.6 Å². The maximum atomic E-state index is 15.2. The second kappa shape index (κ2) is 9.67. The van der Waals surface area contributed by atoms with Crippen LogP contribution in [0.4, 0.5) is 17.6 Å². The number of aromatic nitrogens is 3. The number of pyridine rings is 1. The summed E-state index contributed by atoms with van der Waals surface area (Å²) < 4.78 is 91.3. The fraction of sp³-hybridized carbons (Fsp3) is 0.435. The van der Waals surface area contributed by atoms with Gasteiger partial charge in [0.15, 0.2) is 9.84 Å². The maximum Gasteiger partial charge on any atom is 0.391 e. The number of piperidine rings is 1. The van der Waals surface area contributed by atoms with Crippen molar-refractivity contribution >= 4 is 21.4 Å². The molecule has 0 aliphatic carbocycles. The summed E-state index contributed by atoms with van der Waals surface area (Å²) in [5, 5.41) is 0.233. The normalized spacial score (nSPS) is 23.2. The van der Waals surface area contributed by atoms with Crippen LogP contribution in [0.1, 0.15) is 47.6 Å². The van der Waals surface area contributed by atoms with Gasteiger partial charge in [-0.1, -0.05) is 6.07 Å². The van der Waals surface area contributed by atoms with E-state index in [4.69, 9.17) is 4.74 Å². The van der Waals surface area contributed by atoms with Crippen molar-refractivity contribution in [3.05, 3.63) is 64.9 Å². The molecule has 2 aliphatic rings. The molecule has 2 aliphatic heterocycles. The van der Waals surface area contributed by atoms with E-state index in [0.29, 0.717) is 17.7 Å². The van der Waals surface area contributed by atoms with Crippen LogP contribution in [0.5, 0.6) is 5.75 Å². The summed E-state index contributed by atoms with van der Waals surface area (Å²) in [6, 6.07) is 6.34. The first-order chi connectivity index (χ1) is 17.1. The van der Waals surface area contributed by atoms with Gasteiger partial charge in [-0.25, -0.2) is 17.8 Å². The number of likely N-dealkylation sites (tertiary alicyclic amines) is 1. The molecule has 0 amide bonds. The lowest BCUT2D eigenvalue weighted by Gasteiger charge is -2.45. The molecule has 2 aromatic heterocycles. The second-order valence-electron chi connectivity index (χ2n) is 8.84. The van der Waals surface area contributed by atoms with Crippen LogP contribution in [0.15, 0.2) is 47.8 Å². The zero-order chi connectivity index (χ0) is 25.5. The van der Waals surface area contributed by atoms with Gasteiger partial charge in [-0.2, -0.15) is 17.5 Å². The van der Waals surface area contributed by atoms with E-state index in [1.54, 1.807) is 18.2 Å². The van der Waals surface area contributed by atoms with Crippen molar-refractivity contribution < 1.29 is 30.7 Å². The Labute approximate surface area is 209 Å². The van der Waals surface area contributed by atoms with Gasteiger partial charge in [-0.15, -0.1) is 0 Å². The predicted octanol–water partition coefficient (Wildman–Crippen LogP) is 4.89. The minimum absolute atomic E-state index is 0.0870. The zero-order valence-electron chi connectivity index (χ0n) is 18.9. The van der Waals surface area contributed by atoms with Crippen molar-refractivity contribution in [3.8, 4) is 5.75 Å². The molecular weight excluding hydrogens is 520 g/mol. The lowest BCUT2D eigenvalue weighted by atomic mass is 9.85. The predicted molar refractivity (Wildman–Crippen MR) is 123 cm³/mol. The van der Waals surface area contributed by atoms with Crippen molar-refractivity contribution in [1.82, 2.24) is 19.2 Å². The van der Waals surface area contributed by atoms with Crippen LogP contribution in [0, 0.1) is 11.7 Å². The number of hydrogen-bond donors (Lipinski definition) is 0. The SMILES string of the molecule is O=S(=O)(Cc1ncns1)c1cc2c(cc1F)[C@H](N1CC[C@@H](C(F)(F)F)C[C@H]1c1ccccn1)CCO2. The molecule has 4 heterocycles. The average Bonchev–Trinajstić information content (AvgIpc) is 3.35. The average molecular weight is 543 g/mol. The molecule has 0 radical (unpaired) electrons. The number of hydrogen-bond acceptors (Lipinski definition) is 8. The van der Waals surface area contributed by atoms with Gasteiger partial charge < -0.3 is 4.74 Å². The van der Waals surface area contributed by atoms with Gasteiger partial charge in [-0.3, -0.25) is 9.88 Å². The molecular formula is C23H22F4N4O3S2. The van der Waals surface area contributed by atoms with Crippen LogP contribution in [-0.4, -0.2) is 47.0 Å². The molecule has 13 heteroatoms. The van der Waals surface area contributed by atoms with E-state index in [0.717, 1.165) is 17.6 Å². The largest absolute Gasteiger partial charge is 0.493 e. The number of ether oxygens (including phenoxy) is 1. The van der Waals surface area contributed by atoms with E-state index in [-0.39, 0.29) is 36.8 Å². The molecule has 192 valence electrons. The van der Waals surface area contributed by atoms with Crippen molar-refractivity contribution in [2.24, 2.45) is 5.92 Å². The van der Waals surface area contributed by atoms with Gasteiger partial charge >= 0.3 is 6.18 Å². The number of rotatable bonds is 5. The van der Waals surface area contributed by atoms with E-state index in [1.807, 2.05) is 4.90 Å². The molecule has 5 rings (SSSR count). The molecule has 0 bridgehead atoms. The molecule has 0 spiro atoms. The smallest absolute Gasteiger partial charge is 0.391 e. The second-order valence-corrected chi connectivity index (χ2v) is 11.7. The summed E-state index contributed by atoms with van der Waals surface area (Å²) in [6.07, 6.45) is -1.39. The Hall–Kier alpha value is -2.64. The molecule has 0 unspecified atom stereocenters. The first-order valence-corrected chi connectivity index (χ1v) is 13.7. The third-order valence-corrected chi connectivity index (χ3v) is 9.14. The number of halogens is 4. The topological polar surface area (TPSA) is 85.3 Å². The van der Waals surface area contributed by atoms with Crippen LogP contribution >= 0.6 is 11.5 Å². The lowest BCUT2D eigenvalue weighted by Crippen LogP contribution is -2.44. The highest BCUT2D eigenvalue weighted by atomic mass is 32.2. The lowest BCUT2D eigenvalue weighted by molar-refractivity contribution is -0.192. The molecule has 1 aromatic carbocycles. The standard InChI is InChI=1S/C23H22F4N4O3S2/c24-16-10-15-18(5-8-34-20(15)11-21(16)36(32,33)12-22-29-13-30-35-22)31-7-4-14(23(25,26)27)9-19(31)17-3-1-2-6-28-17/h1-3,6,10-11,13-14,18-19H,4-5,7-9,12H2/t14-,18-,19+/m1/s1. The minimum Gasteiger partial charge on any atom is -0.493 e. The first-order valence-electron chi connectivity index (χ1n) is 11.3. The quantitative estimate of drug-likeness (QED) is 0.425. The van der Waals surface area contributed by atoms with E-state index >= 15 is 4.39 Å². The molecule has 1 saturated heterocycles. The Morgan fingerprint density at radius 1 is 1.14 bits per heavy atom. The summed E-state index contributed by atoms with van der Waals surface area (Å²) in [4.78, 5) is 9.59. The molecule has 3 atom stereocenters. The molecule has 36 heavy (non-hydrogen) atoms. The third kappa shape index (κ3) is 4.96. The number of nitrogens with zero attached hydrogens (tertiary/aromatic N) is 4. The molecule has 0 saturated carbocycles. The first kappa shape index (κ1) is 25.0. The Morgan fingerprint density at radius 3 is 2.67 bits per heavy atom. The van der Waals surface area contributed by atoms with Crippen molar-refractivity contribution in [3.63, 3.8) is 0 Å². The number of fused-ring (bicyclic) bond motifs is 1. The highest BCUT2D eigenvalue weighted by Gasteiger charge is 2.47. The van der Waals surface area contributed by atoms with Crippen molar-refractivity contribution in [2.45, 2.75) is 48.2 Å². The van der Waals surface area contributed by atoms with E-state index in [2.05, 4.69) is 14.3 Å². The van der Waals surface area contributed by atoms with Gasteiger partial charge in [0, 0.05) is 36.8 Å². The Balaban J connectivity index is 1.49. The van der Waals surface area contributed by atoms with Crippen molar-refractivity contribution in [1.29, 1.82) is 0 Å². The fourth-order valence-corrected chi connectivity index (χ4v) is 7.16. The molecule has 1 fully saturated rings. The Bertz CT molecular complexity index is 1320. The summed E-state index contributed by atoms with van der Waals surface area (Å²) in [5.74, 6) is -2.69. The fourth-order valence-electron chi connectivity index (χ4n) is 4.97. The summed E-state index contributed by atoms with van der Waals surface area (Å²) in [7, 11) is -4.06. The van der Waals surface area contributed by atoms with Crippen LogP contribution in [0.2, 0.25) is 0 Å². The minimum atomic E-state index is -4.32. The molecule has 0 N–H and O–H groups in total. The maximum absolute atomic E-state index is 15.2. The van der Waals surface area contributed by atoms with Crippen molar-refractivity contribution in [2.75, 3.05) is 13.2 Å². The van der Waals surface area contributed by atoms with Gasteiger partial charge in [-0.05, 0) is 42.6 Å². The Morgan fingerprint density at radius 2 is 1.97 bits per heavy atom. The number of alkyl halides is 3. The zero-order valence-corrected chi connectivity index (χ0v) is 20.5. The van der Waals surface area contributed by atoms with Gasteiger partial charge in [0.1, 0.15) is 33.6 Å². The summed E-state index contributed by atoms with van der Waals surface area (Å²) in [5.41, 5.74) is 0.927. The van der Waals surface area contributed by atoms with Crippen LogP contribution in [0.25, 0.3) is 0 Å². The highest BCUT2D eigenvalue weighted by molar-refractivity contribution is 7.90. The molecule has 3 aromatic rings. The van der Waals surface area contributed by atoms with Gasteiger partial charge in [0.05, 0.1) is 24.3 Å². The number of sulfone groups is 1. The third-order valence-electron chi connectivity index (χ3n) is 6.66. The van der Waals surface area contributed by atoms with Crippen LogP contribution in [0.3, 0.4) is 0 Å². The number of benzene rings is 1. The summed E-state index contributed by atoms with van der Waals surface area (Å²) >= 11 is 0.912. The monoisotopic (exact) mass is 542 g/mol. The highest BCUT2D eigenvalue weighted by Crippen LogP contribution is 2.48. The van der Waals surface area contributed by atoms with Crippen LogP contribution in [-0.2, 0) is 15.6 Å². The molecule has 7 nitrogen and oxygen atoms in total. The van der Waals surface area contributed by atoms with E-state index < -0.39 is 50.5 Å². The van der Waals surface area contributed by atoms with Gasteiger partial charge in [0.2, 0.25) is 0 Å².